The van der Waals surface area contributed by atoms with Gasteiger partial charge in [0.1, 0.15) is 13.1 Å². The quantitative estimate of drug-likeness (QED) is 0.00689. The summed E-state index contributed by atoms with van der Waals surface area (Å²) in [6.07, 6.45) is 2.59. The number of hydrogen-bond acceptors (Lipinski definition) is 16. The van der Waals surface area contributed by atoms with Gasteiger partial charge in [0.15, 0.2) is 0 Å². The summed E-state index contributed by atoms with van der Waals surface area (Å²) >= 11 is 8.91. The fourth-order valence-corrected chi connectivity index (χ4v) is 29.5. The van der Waals surface area contributed by atoms with Crippen LogP contribution < -0.4 is 63.7 Å². The second-order valence-corrected chi connectivity index (χ2v) is 44.1. The van der Waals surface area contributed by atoms with Crippen LogP contribution in [0.3, 0.4) is 0 Å². The van der Waals surface area contributed by atoms with Crippen LogP contribution in [0, 0.1) is 0 Å². The van der Waals surface area contributed by atoms with Crippen LogP contribution in [0.5, 0.6) is 0 Å². The summed E-state index contributed by atoms with van der Waals surface area (Å²) < 4.78 is 20.6. The second kappa shape index (κ2) is 41.5. The number of rotatable bonds is 43. The molecule has 6 aromatic carbocycles. The number of carbonyl (C=O) groups excluding carboxylic acids is 10. The molecule has 6 aromatic rings. The Morgan fingerprint density at radius 3 is 0.860 bits per heavy atom. The first kappa shape index (κ1) is 81.5. The summed E-state index contributed by atoms with van der Waals surface area (Å²) in [6, 6.07) is 56.7. The Balaban J connectivity index is 1.07. The zero-order chi connectivity index (χ0) is 72.3. The van der Waals surface area contributed by atoms with Crippen molar-refractivity contribution < 1.29 is 66.9 Å². The molecule has 0 heterocycles. The number of benzene rings is 6. The molecule has 0 spiro atoms. The SMILES string of the molecule is CCOC(=O)CNC(=O)C(CSSCC(NC(=O)CCC(NC(=O)CCCCP(Br)(c1ccccc1)(c1ccccc1)c1ccccc1)C(=O)OCC)C(=O)NCC(=O)OCC)NC(=O)CCC(NC(=O)CCCCP(Br)(c1ccccc1)(c1ccccc1)c1ccccc1)C(=O)OCC. The predicted molar refractivity (Wildman–Crippen MR) is 409 cm³/mol. The van der Waals surface area contributed by atoms with Crippen molar-refractivity contribution in [2.75, 3.05) is 63.3 Å². The van der Waals surface area contributed by atoms with Gasteiger partial charge < -0.3 is 20.1 Å². The van der Waals surface area contributed by atoms with E-state index in [-0.39, 0.29) is 76.5 Å². The van der Waals surface area contributed by atoms with Gasteiger partial charge in [0.25, 0.3) is 0 Å². The molecule has 4 unspecified atom stereocenters. The minimum absolute atomic E-state index is 0.00273. The van der Waals surface area contributed by atoms with Gasteiger partial charge in [-0.3, -0.25) is 19.2 Å². The third-order valence-electron chi connectivity index (χ3n) is 16.6. The Labute approximate surface area is 610 Å². The molecular formula is C74H92Br2N6O14P2S2. The average Bonchev–Trinajstić information content (AvgIpc) is 0.717. The van der Waals surface area contributed by atoms with Crippen LogP contribution >= 0.6 is 63.2 Å². The van der Waals surface area contributed by atoms with Crippen LogP contribution in [0.15, 0.2) is 182 Å². The molecule has 0 aliphatic rings. The normalized spacial score (nSPS) is 13.3. The van der Waals surface area contributed by atoms with Crippen molar-refractivity contribution in [3.63, 3.8) is 0 Å². The fourth-order valence-electron chi connectivity index (χ4n) is 11.7. The first-order valence-corrected chi connectivity index (χ1v) is 45.0. The molecule has 0 aliphatic carbocycles. The Kier molecular flexibility index (Phi) is 33.8. The molecule has 26 heteroatoms. The Hall–Kier alpha value is -7.46. The maximum atomic E-state index is 13.8. The predicted octanol–water partition coefficient (Wildman–Crippen LogP) is 8.37. The van der Waals surface area contributed by atoms with E-state index in [0.717, 1.165) is 53.4 Å². The molecule has 0 saturated heterocycles. The van der Waals surface area contributed by atoms with E-state index in [1.807, 2.05) is 109 Å². The van der Waals surface area contributed by atoms with Gasteiger partial charge in [0, 0.05) is 11.5 Å². The first-order valence-electron chi connectivity index (χ1n) is 33.6. The number of unbranched alkanes of at least 4 members (excludes halogenated alkanes) is 2. The summed E-state index contributed by atoms with van der Waals surface area (Å²) in [6.45, 7) is 5.49. The number of hydrogen-bond donors (Lipinski definition) is 6. The summed E-state index contributed by atoms with van der Waals surface area (Å²) in [7, 11) is 2.07. The molecule has 20 nitrogen and oxygen atoms in total. The number of halogens is 2. The van der Waals surface area contributed by atoms with E-state index < -0.39 is 107 Å². The number of amides is 6. The second-order valence-electron chi connectivity index (χ2n) is 23.4. The van der Waals surface area contributed by atoms with Gasteiger partial charge >= 0.3 is 490 Å². The molecule has 0 saturated carbocycles. The van der Waals surface area contributed by atoms with Crippen LogP contribution in [0.4, 0.5) is 0 Å². The van der Waals surface area contributed by atoms with Crippen LogP contribution in [0.1, 0.15) is 91.9 Å². The van der Waals surface area contributed by atoms with Crippen molar-refractivity contribution in [2.45, 2.75) is 116 Å². The van der Waals surface area contributed by atoms with Gasteiger partial charge in [-0.2, -0.15) is 0 Å². The van der Waals surface area contributed by atoms with Crippen LogP contribution in [-0.4, -0.2) is 147 Å². The third-order valence-corrected chi connectivity index (χ3v) is 39.1. The number of esters is 4. The summed E-state index contributed by atoms with van der Waals surface area (Å²) in [5.41, 5.74) is 0. The van der Waals surface area contributed by atoms with E-state index in [2.05, 4.69) is 136 Å². The molecule has 0 radical (unpaired) electrons. The van der Waals surface area contributed by atoms with Gasteiger partial charge in [-0.25, -0.2) is 0 Å². The summed E-state index contributed by atoms with van der Waals surface area (Å²) in [4.78, 5) is 134. The van der Waals surface area contributed by atoms with Crippen molar-refractivity contribution in [3.8, 4) is 0 Å². The van der Waals surface area contributed by atoms with Gasteiger partial charge in [-0.05, 0) is 13.8 Å². The van der Waals surface area contributed by atoms with Crippen LogP contribution in [0.25, 0.3) is 0 Å². The molecule has 4 atom stereocenters. The van der Waals surface area contributed by atoms with Crippen molar-refractivity contribution >= 4 is 154 Å². The monoisotopic (exact) mass is 1570 g/mol. The standard InChI is InChI=1S/C74H92Br2N6O14P2S2/c1-5-93-69(87)51-77-71(89)63(81-67(85)47-45-61(73(91)95-7-3)79-65(83)43-27-29-49-97(75,55-31-15-9-16-32-55,56-33-17-10-18-34-56)57-35-19-11-20-36-57)53-99-100-54-64(72(90)78-52-70(88)94-6-2)82-68(86)48-46-62(74(92)96-8-4)80-66(84)44-28-30-50-98(76,58-37-21-12-22-38-58,59-39-23-13-24-40-59)60-41-25-14-26-42-60/h9-26,31-42,61-64H,5-8,27-30,43-54H2,1-4H3,(H,77,89)(H,78,90)(H,79,83)(H,80,84)(H,81,85)(H,82,86). The fraction of sp³-hybridized carbons (Fsp3) is 0.378. The van der Waals surface area contributed by atoms with E-state index in [1.54, 1.807) is 27.7 Å². The molecule has 0 aliphatic heterocycles. The molecule has 6 N–H and O–H groups in total. The summed E-state index contributed by atoms with van der Waals surface area (Å²) in [5, 5.41) is 16.1. The van der Waals surface area contributed by atoms with Gasteiger partial charge in [0.2, 0.25) is 11.8 Å². The van der Waals surface area contributed by atoms with Gasteiger partial charge in [0.05, 0.1) is 13.2 Å². The average molecular weight is 1580 g/mol. The number of nitrogens with one attached hydrogen (secondary N) is 6. The summed E-state index contributed by atoms with van der Waals surface area (Å²) in [5.74, 6) is -7.01. The topological polar surface area (TPSA) is 280 Å². The zero-order valence-corrected chi connectivity index (χ0v) is 63.5. The van der Waals surface area contributed by atoms with Crippen molar-refractivity contribution in [1.82, 2.24) is 31.9 Å². The van der Waals surface area contributed by atoms with Gasteiger partial charge in [-0.15, -0.1) is 0 Å². The van der Waals surface area contributed by atoms with Crippen LogP contribution in [0.2, 0.25) is 0 Å². The minimum atomic E-state index is -3.28. The van der Waals surface area contributed by atoms with Gasteiger partial charge in [-0.1, -0.05) is 21.6 Å². The molecule has 6 amide bonds. The number of carbonyl (C=O) groups is 10. The maximum absolute atomic E-state index is 13.8. The van der Waals surface area contributed by atoms with E-state index in [9.17, 15) is 47.9 Å². The van der Waals surface area contributed by atoms with E-state index >= 15 is 0 Å². The Morgan fingerprint density at radius 1 is 0.350 bits per heavy atom. The molecule has 0 bridgehead atoms. The molecule has 0 fully saturated rings. The van der Waals surface area contributed by atoms with E-state index in [1.165, 1.54) is 0 Å². The number of ether oxygens (including phenoxy) is 4. The first-order chi connectivity index (χ1) is 48.2. The van der Waals surface area contributed by atoms with Crippen molar-refractivity contribution in [2.24, 2.45) is 0 Å². The van der Waals surface area contributed by atoms with E-state index in [4.69, 9.17) is 18.9 Å². The zero-order valence-electron chi connectivity index (χ0n) is 57.0. The van der Waals surface area contributed by atoms with Crippen molar-refractivity contribution in [1.29, 1.82) is 0 Å². The molecule has 538 valence electrons. The van der Waals surface area contributed by atoms with E-state index in [0.29, 0.717) is 38.0 Å². The molecule has 6 rings (SSSR count). The van der Waals surface area contributed by atoms with Crippen molar-refractivity contribution in [3.05, 3.63) is 182 Å². The Bertz CT molecular complexity index is 3200. The molecule has 0 aromatic heterocycles. The third kappa shape index (κ3) is 23.0. The Morgan fingerprint density at radius 2 is 0.600 bits per heavy atom. The van der Waals surface area contributed by atoms with Crippen LogP contribution in [-0.2, 0) is 66.9 Å². The molecular weight excluding hydrogens is 1480 g/mol. The molecule has 100 heavy (non-hydrogen) atoms.